The molecule has 2 aromatic carbocycles. The first-order valence-electron chi connectivity index (χ1n) is 6.47. The minimum absolute atomic E-state index is 0.230. The molecule has 0 bridgehead atoms. The van der Waals surface area contributed by atoms with Gasteiger partial charge < -0.3 is 5.73 Å². The zero-order chi connectivity index (χ0) is 14.5. The molecule has 0 aliphatic rings. The molecule has 0 saturated carbocycles. The molecule has 0 aromatic heterocycles. The van der Waals surface area contributed by atoms with Gasteiger partial charge in [0.2, 0.25) is 0 Å². The summed E-state index contributed by atoms with van der Waals surface area (Å²) in [5.41, 5.74) is 7.87. The van der Waals surface area contributed by atoms with Crippen LogP contribution in [0.3, 0.4) is 0 Å². The second-order valence-electron chi connectivity index (χ2n) is 4.84. The second kappa shape index (κ2) is 7.21. The molecule has 4 heteroatoms. The predicted octanol–water partition coefficient (Wildman–Crippen LogP) is 4.60. The Balaban J connectivity index is 2.13. The number of rotatable bonds is 5. The third-order valence-electron chi connectivity index (χ3n) is 3.32. The van der Waals surface area contributed by atoms with Crippen molar-refractivity contribution in [1.82, 2.24) is 0 Å². The summed E-state index contributed by atoms with van der Waals surface area (Å²) < 4.78 is 14.4. The van der Waals surface area contributed by atoms with Crippen molar-refractivity contribution in [3.8, 4) is 0 Å². The van der Waals surface area contributed by atoms with Crippen LogP contribution >= 0.6 is 27.5 Å². The molecule has 0 heterocycles. The Kier molecular flexibility index (Phi) is 5.58. The van der Waals surface area contributed by atoms with Gasteiger partial charge in [-0.05, 0) is 60.7 Å². The number of benzene rings is 2. The molecule has 1 unspecified atom stereocenters. The lowest BCUT2D eigenvalue weighted by atomic mass is 9.92. The van der Waals surface area contributed by atoms with Gasteiger partial charge >= 0.3 is 0 Å². The van der Waals surface area contributed by atoms with Gasteiger partial charge in [-0.15, -0.1) is 0 Å². The van der Waals surface area contributed by atoms with E-state index in [0.717, 1.165) is 16.5 Å². The maximum Gasteiger partial charge on any atom is 0.123 e. The maximum absolute atomic E-state index is 13.3. The average Bonchev–Trinajstić information content (AvgIpc) is 2.44. The second-order valence-corrected chi connectivity index (χ2v) is 6.10. The molecule has 0 radical (unpaired) electrons. The molecule has 2 aromatic rings. The largest absolute Gasteiger partial charge is 0.330 e. The Hall–Kier alpha value is -0.900. The van der Waals surface area contributed by atoms with E-state index in [2.05, 4.69) is 22.0 Å². The van der Waals surface area contributed by atoms with Gasteiger partial charge in [-0.1, -0.05) is 45.7 Å². The van der Waals surface area contributed by atoms with Crippen molar-refractivity contribution in [2.75, 3.05) is 6.54 Å². The quantitative estimate of drug-likeness (QED) is 0.832. The highest BCUT2D eigenvalue weighted by atomic mass is 79.9. The van der Waals surface area contributed by atoms with E-state index in [4.69, 9.17) is 17.3 Å². The zero-order valence-corrected chi connectivity index (χ0v) is 13.3. The fourth-order valence-electron chi connectivity index (χ4n) is 2.22. The lowest BCUT2D eigenvalue weighted by Crippen LogP contribution is -2.19. The van der Waals surface area contributed by atoms with E-state index in [1.807, 2.05) is 18.2 Å². The molecule has 20 heavy (non-hydrogen) atoms. The highest BCUT2D eigenvalue weighted by molar-refractivity contribution is 9.10. The van der Waals surface area contributed by atoms with Crippen molar-refractivity contribution >= 4 is 27.5 Å². The van der Waals surface area contributed by atoms with Gasteiger partial charge in [0.1, 0.15) is 5.82 Å². The van der Waals surface area contributed by atoms with Crippen molar-refractivity contribution in [3.05, 3.63) is 68.9 Å². The van der Waals surface area contributed by atoms with Crippen LogP contribution in [-0.2, 0) is 12.8 Å². The van der Waals surface area contributed by atoms with Crippen LogP contribution in [0, 0.1) is 11.7 Å². The lowest BCUT2D eigenvalue weighted by Gasteiger charge is -2.16. The third-order valence-corrected chi connectivity index (χ3v) is 4.46. The van der Waals surface area contributed by atoms with Crippen LogP contribution in [0.4, 0.5) is 4.39 Å². The fourth-order valence-corrected chi connectivity index (χ4v) is 2.87. The van der Waals surface area contributed by atoms with Crippen molar-refractivity contribution in [2.45, 2.75) is 12.8 Å². The summed E-state index contributed by atoms with van der Waals surface area (Å²) in [6.07, 6.45) is 1.51. The number of nitrogens with two attached hydrogens (primary N) is 1. The topological polar surface area (TPSA) is 26.0 Å². The fraction of sp³-hybridized carbons (Fsp3) is 0.250. The van der Waals surface area contributed by atoms with Crippen molar-refractivity contribution in [3.63, 3.8) is 0 Å². The Bertz CT molecular complexity index is 588. The van der Waals surface area contributed by atoms with Crippen LogP contribution < -0.4 is 5.73 Å². The van der Waals surface area contributed by atoms with Gasteiger partial charge in [0.25, 0.3) is 0 Å². The van der Waals surface area contributed by atoms with Gasteiger partial charge in [-0.25, -0.2) is 4.39 Å². The summed E-state index contributed by atoms with van der Waals surface area (Å²) in [5, 5.41) is 0.594. The molecule has 106 valence electrons. The summed E-state index contributed by atoms with van der Waals surface area (Å²) in [7, 11) is 0. The highest BCUT2D eigenvalue weighted by Gasteiger charge is 2.13. The normalized spacial score (nSPS) is 12.4. The Morgan fingerprint density at radius 2 is 1.80 bits per heavy atom. The van der Waals surface area contributed by atoms with E-state index in [1.165, 1.54) is 17.7 Å². The summed E-state index contributed by atoms with van der Waals surface area (Å²) in [6.45, 7) is 0.536. The van der Waals surface area contributed by atoms with E-state index in [-0.39, 0.29) is 11.7 Å². The average molecular weight is 357 g/mol. The third kappa shape index (κ3) is 4.05. The molecule has 0 fully saturated rings. The Labute approximate surface area is 132 Å². The van der Waals surface area contributed by atoms with E-state index in [1.54, 1.807) is 6.07 Å². The molecule has 1 nitrogen and oxygen atoms in total. The van der Waals surface area contributed by atoms with E-state index in [9.17, 15) is 4.39 Å². The van der Waals surface area contributed by atoms with Crippen LogP contribution in [0.15, 0.2) is 46.9 Å². The molecular formula is C16H16BrClFN. The summed E-state index contributed by atoms with van der Waals surface area (Å²) in [5.74, 6) is -0.0333. The maximum atomic E-state index is 13.3. The number of hydrogen-bond donors (Lipinski definition) is 1. The van der Waals surface area contributed by atoms with Crippen LogP contribution in [0.2, 0.25) is 5.02 Å². The number of halogens is 3. The molecule has 2 rings (SSSR count). The molecule has 0 saturated heterocycles. The minimum Gasteiger partial charge on any atom is -0.330 e. The van der Waals surface area contributed by atoms with Crippen LogP contribution in [0.1, 0.15) is 11.1 Å². The van der Waals surface area contributed by atoms with Crippen LogP contribution in [0.25, 0.3) is 0 Å². The Morgan fingerprint density at radius 3 is 2.50 bits per heavy atom. The predicted molar refractivity (Wildman–Crippen MR) is 85.5 cm³/mol. The van der Waals surface area contributed by atoms with Gasteiger partial charge in [0.05, 0.1) is 0 Å². The van der Waals surface area contributed by atoms with Gasteiger partial charge in [-0.2, -0.15) is 0 Å². The zero-order valence-electron chi connectivity index (χ0n) is 11.0. The van der Waals surface area contributed by atoms with E-state index in [0.29, 0.717) is 18.0 Å². The molecule has 0 spiro atoms. The van der Waals surface area contributed by atoms with Gasteiger partial charge in [-0.3, -0.25) is 0 Å². The summed E-state index contributed by atoms with van der Waals surface area (Å²) in [6, 6.07) is 12.5. The summed E-state index contributed by atoms with van der Waals surface area (Å²) >= 11 is 9.65. The Morgan fingerprint density at radius 1 is 1.10 bits per heavy atom. The van der Waals surface area contributed by atoms with Crippen LogP contribution in [0.5, 0.6) is 0 Å². The van der Waals surface area contributed by atoms with Crippen molar-refractivity contribution in [1.29, 1.82) is 0 Å². The minimum atomic E-state index is -0.263. The standard InChI is InChI=1S/C16H16BrClFN/c17-15-4-2-1-3-12(15)7-11(10-20)8-13-9-14(19)5-6-16(13)18/h1-6,9,11H,7-8,10,20H2. The highest BCUT2D eigenvalue weighted by Crippen LogP contribution is 2.24. The summed E-state index contributed by atoms with van der Waals surface area (Å²) in [4.78, 5) is 0. The van der Waals surface area contributed by atoms with Crippen molar-refractivity contribution < 1.29 is 4.39 Å². The lowest BCUT2D eigenvalue weighted by molar-refractivity contribution is 0.529. The smallest absolute Gasteiger partial charge is 0.123 e. The first kappa shape index (κ1) is 15.5. The molecule has 1 atom stereocenters. The van der Waals surface area contributed by atoms with E-state index < -0.39 is 0 Å². The van der Waals surface area contributed by atoms with Gasteiger partial charge in [0, 0.05) is 9.50 Å². The van der Waals surface area contributed by atoms with Crippen molar-refractivity contribution in [2.24, 2.45) is 11.7 Å². The first-order valence-corrected chi connectivity index (χ1v) is 7.64. The van der Waals surface area contributed by atoms with E-state index >= 15 is 0 Å². The molecule has 0 aliphatic carbocycles. The van der Waals surface area contributed by atoms with Crippen LogP contribution in [-0.4, -0.2) is 6.54 Å². The number of hydrogen-bond acceptors (Lipinski definition) is 1. The molecule has 0 amide bonds. The SMILES string of the molecule is NCC(Cc1cc(F)ccc1Cl)Cc1ccccc1Br. The molecule has 2 N–H and O–H groups in total. The molecular weight excluding hydrogens is 341 g/mol. The van der Waals surface area contributed by atoms with Gasteiger partial charge in [0.15, 0.2) is 0 Å². The molecule has 0 aliphatic heterocycles. The first-order chi connectivity index (χ1) is 9.60. The monoisotopic (exact) mass is 355 g/mol.